The number of hydrogen-bond acceptors (Lipinski definition) is 6. The van der Waals surface area contributed by atoms with Crippen LogP contribution in [0.3, 0.4) is 0 Å². The van der Waals surface area contributed by atoms with E-state index in [2.05, 4.69) is 32.6 Å². The molecule has 0 spiro atoms. The van der Waals surface area contributed by atoms with Gasteiger partial charge in [0.05, 0.1) is 5.69 Å². The van der Waals surface area contributed by atoms with Crippen molar-refractivity contribution < 1.29 is 8.81 Å². The topological polar surface area (TPSA) is 55.1 Å². The SMILES string of the molecule is Fc1ccc(-c2nnc(C3CCN(Cc4csc(-c5ccccc5)n4)CC3)o2)cc1. The molecule has 0 bridgehead atoms. The van der Waals surface area contributed by atoms with Crippen molar-refractivity contribution in [3.63, 3.8) is 0 Å². The fourth-order valence-electron chi connectivity index (χ4n) is 3.77. The van der Waals surface area contributed by atoms with E-state index in [1.54, 1.807) is 23.5 Å². The fraction of sp³-hybridized carbons (Fsp3) is 0.261. The quantitative estimate of drug-likeness (QED) is 0.434. The maximum atomic E-state index is 13.1. The van der Waals surface area contributed by atoms with Crippen molar-refractivity contribution in [2.75, 3.05) is 13.1 Å². The Morgan fingerprint density at radius 3 is 2.50 bits per heavy atom. The largest absolute Gasteiger partial charge is 0.420 e. The van der Waals surface area contributed by atoms with Crippen molar-refractivity contribution in [3.8, 4) is 22.0 Å². The molecule has 5 nitrogen and oxygen atoms in total. The average molecular weight is 421 g/mol. The molecule has 0 aliphatic carbocycles. The highest BCUT2D eigenvalue weighted by Crippen LogP contribution is 2.30. The lowest BCUT2D eigenvalue weighted by Crippen LogP contribution is -2.32. The van der Waals surface area contributed by atoms with Crippen LogP contribution >= 0.6 is 11.3 Å². The lowest BCUT2D eigenvalue weighted by atomic mass is 9.97. The van der Waals surface area contributed by atoms with E-state index < -0.39 is 0 Å². The number of rotatable bonds is 5. The van der Waals surface area contributed by atoms with Gasteiger partial charge in [-0.25, -0.2) is 9.37 Å². The number of benzene rings is 2. The molecule has 1 fully saturated rings. The number of piperidine rings is 1. The van der Waals surface area contributed by atoms with Gasteiger partial charge >= 0.3 is 0 Å². The molecule has 2 aromatic carbocycles. The molecule has 2 aromatic heterocycles. The molecule has 1 saturated heterocycles. The van der Waals surface area contributed by atoms with E-state index in [1.807, 2.05) is 18.2 Å². The molecule has 0 N–H and O–H groups in total. The number of thiazole rings is 1. The van der Waals surface area contributed by atoms with E-state index in [1.165, 1.54) is 17.7 Å². The van der Waals surface area contributed by atoms with E-state index in [0.29, 0.717) is 11.8 Å². The highest BCUT2D eigenvalue weighted by Gasteiger charge is 2.25. The van der Waals surface area contributed by atoms with Crippen LogP contribution in [-0.4, -0.2) is 33.2 Å². The Hall–Kier alpha value is -2.90. The monoisotopic (exact) mass is 420 g/mol. The molecule has 30 heavy (non-hydrogen) atoms. The zero-order valence-electron chi connectivity index (χ0n) is 16.4. The minimum atomic E-state index is -0.276. The molecule has 0 atom stereocenters. The molecular formula is C23H21FN4OS. The third kappa shape index (κ3) is 4.17. The number of likely N-dealkylation sites (tertiary alicyclic amines) is 1. The van der Waals surface area contributed by atoms with Crippen molar-refractivity contribution in [2.24, 2.45) is 0 Å². The first-order valence-corrected chi connectivity index (χ1v) is 10.9. The Morgan fingerprint density at radius 1 is 0.967 bits per heavy atom. The number of halogens is 1. The minimum absolute atomic E-state index is 0.262. The average Bonchev–Trinajstić information content (AvgIpc) is 3.46. The molecule has 1 aliphatic heterocycles. The van der Waals surface area contributed by atoms with Gasteiger partial charge in [0, 0.05) is 29.0 Å². The fourth-order valence-corrected chi connectivity index (χ4v) is 4.59. The summed E-state index contributed by atoms with van der Waals surface area (Å²) in [5, 5.41) is 11.6. The second-order valence-corrected chi connectivity index (χ2v) is 8.37. The van der Waals surface area contributed by atoms with E-state index in [-0.39, 0.29) is 11.7 Å². The summed E-state index contributed by atoms with van der Waals surface area (Å²) in [5.74, 6) is 1.11. The minimum Gasteiger partial charge on any atom is -0.420 e. The summed E-state index contributed by atoms with van der Waals surface area (Å²) in [6, 6.07) is 16.4. The third-order valence-corrected chi connectivity index (χ3v) is 6.37. The maximum Gasteiger partial charge on any atom is 0.247 e. The maximum absolute atomic E-state index is 13.1. The summed E-state index contributed by atoms with van der Waals surface area (Å²) in [6.07, 6.45) is 1.95. The zero-order valence-corrected chi connectivity index (χ0v) is 17.2. The predicted octanol–water partition coefficient (Wildman–Crippen LogP) is 5.38. The molecular weight excluding hydrogens is 399 g/mol. The van der Waals surface area contributed by atoms with Gasteiger partial charge < -0.3 is 4.42 Å². The Morgan fingerprint density at radius 2 is 1.73 bits per heavy atom. The second kappa shape index (κ2) is 8.45. The number of nitrogens with zero attached hydrogens (tertiary/aromatic N) is 4. The van der Waals surface area contributed by atoms with E-state index >= 15 is 0 Å². The van der Waals surface area contributed by atoms with Gasteiger partial charge in [0.25, 0.3) is 0 Å². The molecule has 7 heteroatoms. The Bertz CT molecular complexity index is 1100. The van der Waals surface area contributed by atoms with Gasteiger partial charge in [0.2, 0.25) is 11.8 Å². The summed E-state index contributed by atoms with van der Waals surface area (Å²) in [5.41, 5.74) is 3.03. The van der Waals surface area contributed by atoms with E-state index in [0.717, 1.165) is 48.7 Å². The van der Waals surface area contributed by atoms with Crippen LogP contribution in [0.5, 0.6) is 0 Å². The zero-order chi connectivity index (χ0) is 20.3. The number of aromatic nitrogens is 3. The van der Waals surface area contributed by atoms with Gasteiger partial charge in [0.15, 0.2) is 0 Å². The molecule has 0 amide bonds. The van der Waals surface area contributed by atoms with Crippen LogP contribution in [0.15, 0.2) is 64.4 Å². The van der Waals surface area contributed by atoms with Crippen LogP contribution < -0.4 is 0 Å². The highest BCUT2D eigenvalue weighted by atomic mass is 32.1. The summed E-state index contributed by atoms with van der Waals surface area (Å²) < 4.78 is 19.0. The molecule has 152 valence electrons. The van der Waals surface area contributed by atoms with Crippen LogP contribution in [0.4, 0.5) is 4.39 Å². The van der Waals surface area contributed by atoms with Gasteiger partial charge in [-0.15, -0.1) is 21.5 Å². The summed E-state index contributed by atoms with van der Waals surface area (Å²) in [7, 11) is 0. The molecule has 3 heterocycles. The lowest BCUT2D eigenvalue weighted by Gasteiger charge is -2.29. The second-order valence-electron chi connectivity index (χ2n) is 7.51. The molecule has 0 unspecified atom stereocenters. The third-order valence-electron chi connectivity index (χ3n) is 5.43. The molecule has 0 radical (unpaired) electrons. The van der Waals surface area contributed by atoms with E-state index in [9.17, 15) is 4.39 Å². The van der Waals surface area contributed by atoms with Crippen LogP contribution in [0.25, 0.3) is 22.0 Å². The standard InChI is InChI=1S/C23H21FN4OS/c24-19-8-6-16(7-9-19)21-26-27-22(29-21)17-10-12-28(13-11-17)14-20-15-30-23(25-20)18-4-2-1-3-5-18/h1-9,15,17H,10-14H2. The van der Waals surface area contributed by atoms with Crippen LogP contribution in [0, 0.1) is 5.82 Å². The highest BCUT2D eigenvalue weighted by molar-refractivity contribution is 7.13. The summed E-state index contributed by atoms with van der Waals surface area (Å²) in [6.45, 7) is 2.80. The van der Waals surface area contributed by atoms with Crippen molar-refractivity contribution in [2.45, 2.75) is 25.3 Å². The predicted molar refractivity (Wildman–Crippen MR) is 114 cm³/mol. The van der Waals surface area contributed by atoms with E-state index in [4.69, 9.17) is 9.40 Å². The Balaban J connectivity index is 1.18. The summed E-state index contributed by atoms with van der Waals surface area (Å²) >= 11 is 1.70. The van der Waals surface area contributed by atoms with Crippen molar-refractivity contribution in [3.05, 3.63) is 77.4 Å². The van der Waals surface area contributed by atoms with Gasteiger partial charge in [-0.05, 0) is 50.2 Å². The smallest absolute Gasteiger partial charge is 0.247 e. The molecule has 5 rings (SSSR count). The normalized spacial score (nSPS) is 15.5. The molecule has 4 aromatic rings. The van der Waals surface area contributed by atoms with Gasteiger partial charge in [-0.1, -0.05) is 30.3 Å². The van der Waals surface area contributed by atoms with Crippen molar-refractivity contribution >= 4 is 11.3 Å². The summed E-state index contributed by atoms with van der Waals surface area (Å²) in [4.78, 5) is 7.23. The molecule has 0 saturated carbocycles. The first kappa shape index (κ1) is 19.1. The van der Waals surface area contributed by atoms with Crippen molar-refractivity contribution in [1.29, 1.82) is 0 Å². The number of hydrogen-bond donors (Lipinski definition) is 0. The van der Waals surface area contributed by atoms with Crippen LogP contribution in [0.1, 0.15) is 30.3 Å². The first-order chi connectivity index (χ1) is 14.7. The van der Waals surface area contributed by atoms with Crippen LogP contribution in [0.2, 0.25) is 0 Å². The Labute approximate surface area is 178 Å². The van der Waals surface area contributed by atoms with Gasteiger partial charge in [-0.2, -0.15) is 0 Å². The van der Waals surface area contributed by atoms with Crippen molar-refractivity contribution in [1.82, 2.24) is 20.1 Å². The lowest BCUT2D eigenvalue weighted by molar-refractivity contribution is 0.191. The molecule has 1 aliphatic rings. The first-order valence-electron chi connectivity index (χ1n) is 10.1. The van der Waals surface area contributed by atoms with Gasteiger partial charge in [0.1, 0.15) is 10.8 Å². The Kier molecular flexibility index (Phi) is 5.38. The van der Waals surface area contributed by atoms with Gasteiger partial charge in [-0.3, -0.25) is 4.90 Å². The van der Waals surface area contributed by atoms with Crippen LogP contribution in [-0.2, 0) is 6.54 Å².